The monoisotopic (exact) mass is 229 g/mol. The number of hydrogen-bond acceptors (Lipinski definition) is 3. The third-order valence-electron chi connectivity index (χ3n) is 3.39. The molecule has 1 N–H and O–H groups in total. The van der Waals surface area contributed by atoms with Crippen molar-refractivity contribution in [1.29, 1.82) is 0 Å². The summed E-state index contributed by atoms with van der Waals surface area (Å²) in [6, 6.07) is 1.46. The maximum atomic E-state index is 5.76. The molecule has 0 aliphatic carbocycles. The Bertz CT molecular complexity index is 184. The molecule has 88 valence electrons. The van der Waals surface area contributed by atoms with Crippen LogP contribution in [0.5, 0.6) is 0 Å². The third-order valence-corrected chi connectivity index (χ3v) is 4.44. The largest absolute Gasteiger partial charge is 0.375 e. The van der Waals surface area contributed by atoms with Crippen molar-refractivity contribution >= 4 is 11.8 Å². The van der Waals surface area contributed by atoms with E-state index in [9.17, 15) is 0 Å². The van der Waals surface area contributed by atoms with Gasteiger partial charge < -0.3 is 10.1 Å². The summed E-state index contributed by atoms with van der Waals surface area (Å²) in [7, 11) is 0. The van der Waals surface area contributed by atoms with Gasteiger partial charge in [-0.25, -0.2) is 0 Å². The zero-order chi connectivity index (χ0) is 10.7. The van der Waals surface area contributed by atoms with Crippen molar-refractivity contribution in [2.45, 2.75) is 63.8 Å². The molecular formula is C12H23NOS. The summed E-state index contributed by atoms with van der Waals surface area (Å²) in [5.74, 6) is 2.68. The lowest BCUT2D eigenvalue weighted by atomic mass is 9.98. The van der Waals surface area contributed by atoms with Crippen LogP contribution in [0.3, 0.4) is 0 Å². The van der Waals surface area contributed by atoms with Gasteiger partial charge in [0.1, 0.15) is 0 Å². The van der Waals surface area contributed by atoms with Crippen molar-refractivity contribution < 1.29 is 4.74 Å². The highest BCUT2D eigenvalue weighted by atomic mass is 32.2. The fourth-order valence-electron chi connectivity index (χ4n) is 2.74. The van der Waals surface area contributed by atoms with E-state index in [2.05, 4.69) is 30.9 Å². The van der Waals surface area contributed by atoms with Gasteiger partial charge >= 0.3 is 0 Å². The number of hydrogen-bond donors (Lipinski definition) is 1. The second-order valence-corrected chi connectivity index (χ2v) is 6.20. The van der Waals surface area contributed by atoms with E-state index in [1.165, 1.54) is 37.2 Å². The SMILES string of the molecule is CC1CC(NC2CCSCC2)CC(C)O1. The van der Waals surface area contributed by atoms with E-state index >= 15 is 0 Å². The summed E-state index contributed by atoms with van der Waals surface area (Å²) in [6.07, 6.45) is 5.95. The Morgan fingerprint density at radius 1 is 1.00 bits per heavy atom. The molecule has 2 atom stereocenters. The van der Waals surface area contributed by atoms with Gasteiger partial charge in [-0.05, 0) is 51.0 Å². The second-order valence-electron chi connectivity index (χ2n) is 4.98. The Labute approximate surface area is 97.5 Å². The van der Waals surface area contributed by atoms with Crippen LogP contribution < -0.4 is 5.32 Å². The lowest BCUT2D eigenvalue weighted by molar-refractivity contribution is -0.0436. The smallest absolute Gasteiger partial charge is 0.0565 e. The Balaban J connectivity index is 1.77. The zero-order valence-electron chi connectivity index (χ0n) is 9.87. The average molecular weight is 229 g/mol. The van der Waals surface area contributed by atoms with Gasteiger partial charge in [0.25, 0.3) is 0 Å². The summed E-state index contributed by atoms with van der Waals surface area (Å²) in [5, 5.41) is 3.83. The van der Waals surface area contributed by atoms with Gasteiger partial charge in [0, 0.05) is 12.1 Å². The Kier molecular flexibility index (Phi) is 4.35. The normalized spacial score (nSPS) is 39.2. The molecule has 0 saturated carbocycles. The number of ether oxygens (including phenoxy) is 1. The first-order valence-corrected chi connectivity index (χ1v) is 7.38. The first kappa shape index (κ1) is 11.7. The molecule has 2 rings (SSSR count). The lowest BCUT2D eigenvalue weighted by Gasteiger charge is -2.36. The molecule has 15 heavy (non-hydrogen) atoms. The first-order chi connectivity index (χ1) is 7.24. The minimum Gasteiger partial charge on any atom is -0.375 e. The molecular weight excluding hydrogens is 206 g/mol. The van der Waals surface area contributed by atoms with Gasteiger partial charge in [-0.15, -0.1) is 0 Å². The van der Waals surface area contributed by atoms with E-state index in [1.807, 2.05) is 0 Å². The highest BCUT2D eigenvalue weighted by molar-refractivity contribution is 7.99. The molecule has 2 saturated heterocycles. The molecule has 2 fully saturated rings. The molecule has 3 heteroatoms. The van der Waals surface area contributed by atoms with Crippen molar-refractivity contribution in [1.82, 2.24) is 5.32 Å². The molecule has 2 aliphatic heterocycles. The number of rotatable bonds is 2. The van der Waals surface area contributed by atoms with Crippen LogP contribution in [0.2, 0.25) is 0 Å². The average Bonchev–Trinajstić information content (AvgIpc) is 2.17. The summed E-state index contributed by atoms with van der Waals surface area (Å²) in [4.78, 5) is 0. The zero-order valence-corrected chi connectivity index (χ0v) is 10.7. The van der Waals surface area contributed by atoms with Crippen molar-refractivity contribution in [3.8, 4) is 0 Å². The quantitative estimate of drug-likeness (QED) is 0.786. The molecule has 2 heterocycles. The summed E-state index contributed by atoms with van der Waals surface area (Å²) in [5.41, 5.74) is 0. The van der Waals surface area contributed by atoms with E-state index < -0.39 is 0 Å². The van der Waals surface area contributed by atoms with Crippen LogP contribution in [-0.4, -0.2) is 35.8 Å². The van der Waals surface area contributed by atoms with Crippen LogP contribution in [0.4, 0.5) is 0 Å². The van der Waals surface area contributed by atoms with Gasteiger partial charge in [0.05, 0.1) is 12.2 Å². The Hall–Kier alpha value is 0.270. The number of thioether (sulfide) groups is 1. The van der Waals surface area contributed by atoms with E-state index in [4.69, 9.17) is 4.74 Å². The second kappa shape index (κ2) is 5.55. The molecule has 2 unspecified atom stereocenters. The van der Waals surface area contributed by atoms with Crippen LogP contribution in [0, 0.1) is 0 Å². The summed E-state index contributed by atoms with van der Waals surface area (Å²) >= 11 is 2.10. The molecule has 2 aliphatic rings. The maximum Gasteiger partial charge on any atom is 0.0565 e. The van der Waals surface area contributed by atoms with Gasteiger partial charge in [-0.2, -0.15) is 11.8 Å². The third kappa shape index (κ3) is 3.65. The summed E-state index contributed by atoms with van der Waals surface area (Å²) < 4.78 is 5.76. The van der Waals surface area contributed by atoms with E-state index in [0.29, 0.717) is 18.2 Å². The van der Waals surface area contributed by atoms with Crippen molar-refractivity contribution in [2.75, 3.05) is 11.5 Å². The van der Waals surface area contributed by atoms with E-state index in [1.54, 1.807) is 0 Å². The molecule has 0 radical (unpaired) electrons. The Morgan fingerprint density at radius 2 is 1.60 bits per heavy atom. The van der Waals surface area contributed by atoms with Gasteiger partial charge in [-0.1, -0.05) is 0 Å². The predicted molar refractivity (Wildman–Crippen MR) is 66.5 cm³/mol. The van der Waals surface area contributed by atoms with Crippen molar-refractivity contribution in [3.05, 3.63) is 0 Å². The maximum absolute atomic E-state index is 5.76. The Morgan fingerprint density at radius 3 is 2.20 bits per heavy atom. The van der Waals surface area contributed by atoms with Gasteiger partial charge in [-0.3, -0.25) is 0 Å². The molecule has 0 aromatic heterocycles. The highest BCUT2D eigenvalue weighted by Gasteiger charge is 2.26. The van der Waals surface area contributed by atoms with Crippen LogP contribution in [0.15, 0.2) is 0 Å². The number of nitrogens with one attached hydrogen (secondary N) is 1. The van der Waals surface area contributed by atoms with Crippen molar-refractivity contribution in [2.24, 2.45) is 0 Å². The fraction of sp³-hybridized carbons (Fsp3) is 1.00. The lowest BCUT2D eigenvalue weighted by Crippen LogP contribution is -2.46. The van der Waals surface area contributed by atoms with Crippen molar-refractivity contribution in [3.63, 3.8) is 0 Å². The standard InChI is InChI=1S/C12H23NOS/c1-9-7-12(8-10(2)14-9)13-11-3-5-15-6-4-11/h9-13H,3-8H2,1-2H3. The van der Waals surface area contributed by atoms with Crippen LogP contribution in [-0.2, 0) is 4.74 Å². The molecule has 0 aromatic rings. The fourth-order valence-corrected chi connectivity index (χ4v) is 3.85. The predicted octanol–water partition coefficient (Wildman–Crippen LogP) is 2.43. The highest BCUT2D eigenvalue weighted by Crippen LogP contribution is 2.22. The molecule has 2 nitrogen and oxygen atoms in total. The molecule has 0 amide bonds. The van der Waals surface area contributed by atoms with Gasteiger partial charge in [0.15, 0.2) is 0 Å². The van der Waals surface area contributed by atoms with Crippen LogP contribution in [0.25, 0.3) is 0 Å². The summed E-state index contributed by atoms with van der Waals surface area (Å²) in [6.45, 7) is 4.39. The minimum absolute atomic E-state index is 0.434. The van der Waals surface area contributed by atoms with Gasteiger partial charge in [0.2, 0.25) is 0 Å². The van der Waals surface area contributed by atoms with E-state index in [-0.39, 0.29) is 0 Å². The molecule has 0 bridgehead atoms. The topological polar surface area (TPSA) is 21.3 Å². The first-order valence-electron chi connectivity index (χ1n) is 6.23. The van der Waals surface area contributed by atoms with Crippen LogP contribution in [0.1, 0.15) is 39.5 Å². The molecule has 0 aromatic carbocycles. The minimum atomic E-state index is 0.434. The van der Waals surface area contributed by atoms with Crippen LogP contribution >= 0.6 is 11.8 Å². The van der Waals surface area contributed by atoms with E-state index in [0.717, 1.165) is 6.04 Å². The molecule has 0 spiro atoms.